The number of nitrogens with zero attached hydrogens (tertiary/aromatic N) is 1. The summed E-state index contributed by atoms with van der Waals surface area (Å²) >= 11 is 1.97. The molecular formula is C21H40N2O5SiV. The van der Waals surface area contributed by atoms with E-state index in [2.05, 4.69) is 43.9 Å². The number of nitrogens with one attached hydrogen (secondary N) is 1. The van der Waals surface area contributed by atoms with Gasteiger partial charge in [0.1, 0.15) is 0 Å². The summed E-state index contributed by atoms with van der Waals surface area (Å²) in [6, 6.07) is 0.993. The first-order chi connectivity index (χ1) is 14.8. The minimum absolute atomic E-state index is 0.00948. The van der Waals surface area contributed by atoms with Crippen LogP contribution in [0.5, 0.6) is 0 Å². The molecule has 7 nitrogen and oxygen atoms in total. The zero-order valence-corrected chi connectivity index (χ0v) is 21.6. The average molecular weight is 482 g/mol. The van der Waals surface area contributed by atoms with Gasteiger partial charge in [-0.2, -0.15) is 0 Å². The normalized spacial score (nSPS) is 26.0. The van der Waals surface area contributed by atoms with Gasteiger partial charge in [-0.3, -0.25) is 0 Å². The van der Waals surface area contributed by atoms with Crippen molar-refractivity contribution in [3.05, 3.63) is 0 Å². The number of hydrogen-bond donors (Lipinski definition) is 1. The van der Waals surface area contributed by atoms with Crippen molar-refractivity contribution in [2.24, 2.45) is 15.8 Å². The molecule has 1 N–H and O–H groups in total. The Kier molecular flexibility index (Phi) is 13.9. The molecule has 1 aliphatic heterocycles. The third-order valence-corrected chi connectivity index (χ3v) is 7.52. The molecule has 2 radical (unpaired) electrons. The molecule has 9 heteroatoms. The molecule has 0 spiro atoms. The van der Waals surface area contributed by atoms with Crippen molar-refractivity contribution in [2.45, 2.75) is 84.2 Å². The molecule has 1 fully saturated rings. The summed E-state index contributed by atoms with van der Waals surface area (Å²) < 4.78 is 28.7. The molecule has 173 valence electrons. The molecule has 0 aromatic rings. The number of carbonyl (C=O) groups excluding carboxylic acids is 1. The first kappa shape index (κ1) is 26.3. The van der Waals surface area contributed by atoms with Crippen LogP contribution in [0.15, 0.2) is 3.95 Å². The quantitative estimate of drug-likeness (QED) is 0.184. The Balaban J connectivity index is 2.18. The van der Waals surface area contributed by atoms with E-state index in [4.69, 9.17) is 20.1 Å². The number of hydrogen-bond acceptors (Lipinski definition) is 7. The van der Waals surface area contributed by atoms with Crippen LogP contribution in [0.4, 0.5) is 0 Å². The van der Waals surface area contributed by atoms with Crippen LogP contribution in [0.1, 0.15) is 61.7 Å². The number of Topliss-reactive ketones (excluding diaryl/α,β-unsaturated/α-hetero) is 1. The van der Waals surface area contributed by atoms with Crippen molar-refractivity contribution in [2.75, 3.05) is 32.9 Å². The Hall–Kier alpha value is 0.0713. The molecule has 0 aromatic heterocycles. The first-order valence-corrected chi connectivity index (χ1v) is 12.8. The molecule has 5 unspecified atom stereocenters. The first-order valence-electron chi connectivity index (χ1n) is 11.6. The summed E-state index contributed by atoms with van der Waals surface area (Å²) in [6.07, 6.45) is 2.96. The third-order valence-electron chi connectivity index (χ3n) is 6.20. The zero-order chi connectivity index (χ0) is 23.3. The van der Waals surface area contributed by atoms with Gasteiger partial charge in [0, 0.05) is 0 Å². The predicted octanol–water partition coefficient (Wildman–Crippen LogP) is 3.28. The molecule has 1 saturated heterocycles. The molecular weight excluding hydrogens is 439 g/mol. The van der Waals surface area contributed by atoms with E-state index in [1.54, 1.807) is 0 Å². The SMILES string of the molecule is [3H]C1CC(OCC(=O)CNCCC[Si]OC(C)(C(C)CC)C(C)CC)C(CO[N]=[V])O1. The van der Waals surface area contributed by atoms with Gasteiger partial charge < -0.3 is 4.43 Å². The second-order valence-electron chi connectivity index (χ2n) is 8.17. The van der Waals surface area contributed by atoms with E-state index in [1.807, 2.05) is 17.2 Å². The van der Waals surface area contributed by atoms with Gasteiger partial charge in [-0.25, -0.2) is 0 Å². The van der Waals surface area contributed by atoms with Crippen molar-refractivity contribution in [1.29, 1.82) is 0 Å². The van der Waals surface area contributed by atoms with Crippen LogP contribution in [-0.2, 0) is 40.8 Å². The van der Waals surface area contributed by atoms with Crippen molar-refractivity contribution in [3.8, 4) is 0 Å². The average Bonchev–Trinajstić information content (AvgIpc) is 3.13. The van der Waals surface area contributed by atoms with E-state index in [1.165, 1.54) is 0 Å². The van der Waals surface area contributed by atoms with Crippen LogP contribution in [0.25, 0.3) is 0 Å². The Morgan fingerprint density at radius 2 is 2.10 bits per heavy atom. The summed E-state index contributed by atoms with van der Waals surface area (Å²) in [5.41, 5.74) is -0.0715. The maximum atomic E-state index is 12.1. The van der Waals surface area contributed by atoms with Gasteiger partial charge in [-0.15, -0.1) is 0 Å². The van der Waals surface area contributed by atoms with Gasteiger partial charge >= 0.3 is 111 Å². The zero-order valence-electron chi connectivity index (χ0n) is 20.2. The van der Waals surface area contributed by atoms with Gasteiger partial charge in [-0.1, -0.05) is 40.5 Å². The van der Waals surface area contributed by atoms with Crippen molar-refractivity contribution >= 4 is 15.5 Å². The Morgan fingerprint density at radius 3 is 2.73 bits per heavy atom. The molecule has 0 amide bonds. The summed E-state index contributed by atoms with van der Waals surface area (Å²) in [5, 5.41) is 3.19. The van der Waals surface area contributed by atoms with Gasteiger partial charge in [0.05, 0.1) is 5.60 Å². The summed E-state index contributed by atoms with van der Waals surface area (Å²) in [6.45, 7) is 11.9. The van der Waals surface area contributed by atoms with E-state index in [0.717, 1.165) is 31.9 Å². The fraction of sp³-hybridized carbons (Fsp3) is 0.952. The molecule has 30 heavy (non-hydrogen) atoms. The Bertz CT molecular complexity index is 524. The van der Waals surface area contributed by atoms with E-state index in [9.17, 15) is 4.79 Å². The molecule has 0 aliphatic carbocycles. The number of ether oxygens (including phenoxy) is 2. The molecule has 5 atom stereocenters. The van der Waals surface area contributed by atoms with Crippen LogP contribution in [-0.4, -0.2) is 66.2 Å². The van der Waals surface area contributed by atoms with Crippen molar-refractivity contribution in [1.82, 2.24) is 5.32 Å². The molecule has 1 aliphatic rings. The van der Waals surface area contributed by atoms with Crippen LogP contribution in [0.3, 0.4) is 0 Å². The van der Waals surface area contributed by atoms with Crippen LogP contribution >= 0.6 is 0 Å². The van der Waals surface area contributed by atoms with Crippen LogP contribution in [0, 0.1) is 11.8 Å². The van der Waals surface area contributed by atoms with E-state index in [-0.39, 0.29) is 43.4 Å². The Morgan fingerprint density at radius 1 is 1.40 bits per heavy atom. The van der Waals surface area contributed by atoms with Gasteiger partial charge in [0.15, 0.2) is 0 Å². The second kappa shape index (κ2) is 15.8. The minimum atomic E-state index is -0.649. The number of carbonyl (C=O) groups is 1. The standard InChI is InChI=1S/C21H40N2O5Si.V/c1-6-16(3)21(5,17(4)7-2)28-29-12-8-10-23-13-18(24)14-26-19-9-11-25-20(19)15-27-22;/h16-17,19-20,23H,6-15H2,1-5H3;/i11T;. The fourth-order valence-corrected chi connectivity index (χ4v) is 4.65. The van der Waals surface area contributed by atoms with Gasteiger partial charge in [0.25, 0.3) is 0 Å². The monoisotopic (exact) mass is 481 g/mol. The van der Waals surface area contributed by atoms with Crippen LogP contribution in [0.2, 0.25) is 6.04 Å². The summed E-state index contributed by atoms with van der Waals surface area (Å²) in [4.78, 5) is 17.1. The van der Waals surface area contributed by atoms with Gasteiger partial charge in [0.2, 0.25) is 9.76 Å². The fourth-order valence-electron chi connectivity index (χ4n) is 3.41. The van der Waals surface area contributed by atoms with E-state index >= 15 is 0 Å². The van der Waals surface area contributed by atoms with Crippen molar-refractivity contribution in [3.63, 3.8) is 0 Å². The van der Waals surface area contributed by atoms with Gasteiger partial charge in [-0.05, 0) is 24.8 Å². The Labute approximate surface area is 195 Å². The molecule has 1 heterocycles. The van der Waals surface area contributed by atoms with E-state index < -0.39 is 6.58 Å². The number of rotatable bonds is 18. The van der Waals surface area contributed by atoms with Crippen molar-refractivity contribution < 1.29 is 42.1 Å². The predicted molar refractivity (Wildman–Crippen MR) is 114 cm³/mol. The maximum absolute atomic E-state index is 12.1. The topological polar surface area (TPSA) is 78.4 Å². The van der Waals surface area contributed by atoms with Crippen LogP contribution < -0.4 is 5.32 Å². The second-order valence-corrected chi connectivity index (χ2v) is 9.42. The molecule has 0 aromatic carbocycles. The molecule has 0 bridgehead atoms. The molecule has 0 saturated carbocycles. The summed E-state index contributed by atoms with van der Waals surface area (Å²) in [5.74, 6) is 1.05. The third kappa shape index (κ3) is 9.69. The molecule has 1 rings (SSSR count). The summed E-state index contributed by atoms with van der Waals surface area (Å²) in [7, 11) is 0.477. The number of ketones is 1. The van der Waals surface area contributed by atoms with E-state index in [0.29, 0.717) is 28.0 Å².